The molecule has 0 aliphatic rings. The summed E-state index contributed by atoms with van der Waals surface area (Å²) in [4.78, 5) is 21.4. The van der Waals surface area contributed by atoms with Gasteiger partial charge >= 0.3 is 0 Å². The van der Waals surface area contributed by atoms with E-state index in [0.717, 1.165) is 22.5 Å². The van der Waals surface area contributed by atoms with Crippen LogP contribution in [0.1, 0.15) is 40.3 Å². The highest BCUT2D eigenvalue weighted by atomic mass is 19.1. The molecule has 3 aromatic rings. The number of fused-ring (bicyclic) bond motifs is 1. The molecule has 1 atom stereocenters. The van der Waals surface area contributed by atoms with Crippen LogP contribution in [0.3, 0.4) is 0 Å². The fourth-order valence-electron chi connectivity index (χ4n) is 2.49. The average molecular weight is 323 g/mol. The van der Waals surface area contributed by atoms with Crippen LogP contribution in [-0.4, -0.2) is 15.9 Å². The second-order valence-electron chi connectivity index (χ2n) is 5.84. The summed E-state index contributed by atoms with van der Waals surface area (Å²) in [6.07, 6.45) is 0. The van der Waals surface area contributed by atoms with Crippen molar-refractivity contribution in [2.45, 2.75) is 26.8 Å². The molecule has 0 aliphatic carbocycles. The van der Waals surface area contributed by atoms with E-state index < -0.39 is 0 Å². The zero-order valence-electron chi connectivity index (χ0n) is 13.8. The molecular weight excluding hydrogens is 305 g/mol. The van der Waals surface area contributed by atoms with Crippen molar-refractivity contribution < 1.29 is 9.18 Å². The molecule has 4 nitrogen and oxygen atoms in total. The number of aryl methyl sites for hydroxylation is 2. The van der Waals surface area contributed by atoms with Gasteiger partial charge in [-0.2, -0.15) is 0 Å². The average Bonchev–Trinajstić information content (AvgIpc) is 2.56. The molecule has 1 aromatic heterocycles. The molecule has 1 unspecified atom stereocenters. The van der Waals surface area contributed by atoms with E-state index in [0.29, 0.717) is 11.1 Å². The minimum Gasteiger partial charge on any atom is -0.346 e. The number of benzene rings is 2. The van der Waals surface area contributed by atoms with Gasteiger partial charge in [0.05, 0.1) is 28.5 Å². The second-order valence-corrected chi connectivity index (χ2v) is 5.84. The van der Waals surface area contributed by atoms with Crippen LogP contribution in [-0.2, 0) is 0 Å². The molecule has 2 aromatic carbocycles. The number of amides is 1. The molecule has 24 heavy (non-hydrogen) atoms. The Kier molecular flexibility index (Phi) is 4.25. The molecule has 0 bridgehead atoms. The Morgan fingerprint density at radius 3 is 2.29 bits per heavy atom. The highest BCUT2D eigenvalue weighted by Gasteiger charge is 2.13. The third kappa shape index (κ3) is 3.25. The van der Waals surface area contributed by atoms with E-state index >= 15 is 0 Å². The van der Waals surface area contributed by atoms with Crippen molar-refractivity contribution in [3.63, 3.8) is 0 Å². The summed E-state index contributed by atoms with van der Waals surface area (Å²) < 4.78 is 13.0. The van der Waals surface area contributed by atoms with E-state index in [4.69, 9.17) is 0 Å². The van der Waals surface area contributed by atoms with Gasteiger partial charge in [-0.25, -0.2) is 14.4 Å². The first kappa shape index (κ1) is 16.1. The SMILES string of the molecule is Cc1nc2ccc(C(=O)NC(C)c3ccc(F)cc3)cc2nc1C. The molecule has 0 saturated carbocycles. The summed E-state index contributed by atoms with van der Waals surface area (Å²) in [5.74, 6) is -0.496. The third-order valence-electron chi connectivity index (χ3n) is 4.06. The molecule has 0 saturated heterocycles. The van der Waals surface area contributed by atoms with Gasteiger partial charge < -0.3 is 5.32 Å². The molecule has 0 radical (unpaired) electrons. The predicted octanol–water partition coefficient (Wildman–Crippen LogP) is 3.88. The molecular formula is C19H18FN3O. The van der Waals surface area contributed by atoms with Crippen molar-refractivity contribution in [2.75, 3.05) is 0 Å². The Bertz CT molecular complexity index is 906. The van der Waals surface area contributed by atoms with Gasteiger partial charge in [0.2, 0.25) is 0 Å². The number of rotatable bonds is 3. The van der Waals surface area contributed by atoms with Crippen LogP contribution < -0.4 is 5.32 Å². The molecule has 1 amide bonds. The van der Waals surface area contributed by atoms with Gasteiger partial charge in [-0.3, -0.25) is 4.79 Å². The van der Waals surface area contributed by atoms with Crippen molar-refractivity contribution >= 4 is 16.9 Å². The number of hydrogen-bond donors (Lipinski definition) is 1. The number of nitrogens with one attached hydrogen (secondary N) is 1. The van der Waals surface area contributed by atoms with E-state index in [1.807, 2.05) is 20.8 Å². The Hall–Kier alpha value is -2.82. The minimum absolute atomic E-state index is 0.200. The van der Waals surface area contributed by atoms with Crippen molar-refractivity contribution in [3.05, 3.63) is 70.8 Å². The molecule has 1 heterocycles. The smallest absolute Gasteiger partial charge is 0.251 e. The van der Waals surface area contributed by atoms with Crippen molar-refractivity contribution in [3.8, 4) is 0 Å². The van der Waals surface area contributed by atoms with Crippen LogP contribution >= 0.6 is 0 Å². The Labute approximate surface area is 139 Å². The monoisotopic (exact) mass is 323 g/mol. The van der Waals surface area contributed by atoms with Crippen LogP contribution in [0.15, 0.2) is 42.5 Å². The molecule has 122 valence electrons. The van der Waals surface area contributed by atoms with Crippen LogP contribution in [0.2, 0.25) is 0 Å². The maximum Gasteiger partial charge on any atom is 0.251 e. The lowest BCUT2D eigenvalue weighted by Crippen LogP contribution is -2.26. The molecule has 3 rings (SSSR count). The lowest BCUT2D eigenvalue weighted by molar-refractivity contribution is 0.0940. The lowest BCUT2D eigenvalue weighted by atomic mass is 10.1. The number of hydrogen-bond acceptors (Lipinski definition) is 3. The highest BCUT2D eigenvalue weighted by molar-refractivity contribution is 5.97. The fourth-order valence-corrected chi connectivity index (χ4v) is 2.49. The standard InChI is InChI=1S/C19H18FN3O/c1-11-12(2)22-18-10-15(6-9-17(18)21-11)19(24)23-13(3)14-4-7-16(20)8-5-14/h4-10,13H,1-3H3,(H,23,24). The van der Waals surface area contributed by atoms with Gasteiger partial charge in [0, 0.05) is 5.56 Å². The maximum absolute atomic E-state index is 13.0. The van der Waals surface area contributed by atoms with Crippen molar-refractivity contribution in [1.82, 2.24) is 15.3 Å². The first-order valence-electron chi connectivity index (χ1n) is 7.75. The minimum atomic E-state index is -0.295. The van der Waals surface area contributed by atoms with E-state index in [9.17, 15) is 9.18 Å². The summed E-state index contributed by atoms with van der Waals surface area (Å²) in [6, 6.07) is 11.1. The summed E-state index contributed by atoms with van der Waals surface area (Å²) >= 11 is 0. The summed E-state index contributed by atoms with van der Waals surface area (Å²) in [5.41, 5.74) is 4.55. The van der Waals surface area contributed by atoms with Crippen LogP contribution in [0.4, 0.5) is 4.39 Å². The summed E-state index contributed by atoms with van der Waals surface area (Å²) in [6.45, 7) is 5.66. The van der Waals surface area contributed by atoms with Gasteiger partial charge in [0.1, 0.15) is 5.82 Å². The van der Waals surface area contributed by atoms with E-state index in [2.05, 4.69) is 15.3 Å². The van der Waals surface area contributed by atoms with E-state index in [1.165, 1.54) is 12.1 Å². The first-order valence-corrected chi connectivity index (χ1v) is 7.75. The van der Waals surface area contributed by atoms with Crippen LogP contribution in [0.5, 0.6) is 0 Å². The Morgan fingerprint density at radius 2 is 1.62 bits per heavy atom. The van der Waals surface area contributed by atoms with E-state index in [-0.39, 0.29) is 17.8 Å². The molecule has 5 heteroatoms. The zero-order valence-corrected chi connectivity index (χ0v) is 13.8. The van der Waals surface area contributed by atoms with E-state index in [1.54, 1.807) is 30.3 Å². The Balaban J connectivity index is 1.83. The van der Waals surface area contributed by atoms with Gasteiger partial charge in [0.15, 0.2) is 0 Å². The normalized spacial score (nSPS) is 12.2. The molecule has 1 N–H and O–H groups in total. The largest absolute Gasteiger partial charge is 0.346 e. The highest BCUT2D eigenvalue weighted by Crippen LogP contribution is 2.17. The molecule has 0 aliphatic heterocycles. The first-order chi connectivity index (χ1) is 11.4. The predicted molar refractivity (Wildman–Crippen MR) is 91.3 cm³/mol. The van der Waals surface area contributed by atoms with Gasteiger partial charge in [0.25, 0.3) is 5.91 Å². The van der Waals surface area contributed by atoms with Gasteiger partial charge in [-0.05, 0) is 56.7 Å². The van der Waals surface area contributed by atoms with Crippen molar-refractivity contribution in [2.24, 2.45) is 0 Å². The number of carbonyl (C=O) groups is 1. The number of aromatic nitrogens is 2. The maximum atomic E-state index is 13.0. The molecule has 0 spiro atoms. The fraction of sp³-hybridized carbons (Fsp3) is 0.211. The third-order valence-corrected chi connectivity index (χ3v) is 4.06. The zero-order chi connectivity index (χ0) is 17.3. The second kappa shape index (κ2) is 6.35. The number of nitrogens with zero attached hydrogens (tertiary/aromatic N) is 2. The topological polar surface area (TPSA) is 54.9 Å². The Morgan fingerprint density at radius 1 is 1.00 bits per heavy atom. The quantitative estimate of drug-likeness (QED) is 0.796. The number of halogens is 1. The van der Waals surface area contributed by atoms with Crippen LogP contribution in [0, 0.1) is 19.7 Å². The molecule has 0 fully saturated rings. The lowest BCUT2D eigenvalue weighted by Gasteiger charge is -2.14. The number of carbonyl (C=O) groups excluding carboxylic acids is 1. The summed E-state index contributed by atoms with van der Waals surface area (Å²) in [7, 11) is 0. The van der Waals surface area contributed by atoms with Gasteiger partial charge in [-0.15, -0.1) is 0 Å². The van der Waals surface area contributed by atoms with Gasteiger partial charge in [-0.1, -0.05) is 12.1 Å². The van der Waals surface area contributed by atoms with Crippen LogP contribution in [0.25, 0.3) is 11.0 Å². The summed E-state index contributed by atoms with van der Waals surface area (Å²) in [5, 5.41) is 2.91. The van der Waals surface area contributed by atoms with Crippen molar-refractivity contribution in [1.29, 1.82) is 0 Å².